The zero-order valence-electron chi connectivity index (χ0n) is 9.27. The quantitative estimate of drug-likeness (QED) is 0.809. The van der Waals surface area contributed by atoms with Crippen LogP contribution in [0.4, 0.5) is 0 Å². The number of hydrogen-bond acceptors (Lipinski definition) is 2. The van der Waals surface area contributed by atoms with E-state index in [0.29, 0.717) is 10.6 Å². The van der Waals surface area contributed by atoms with Gasteiger partial charge in [-0.2, -0.15) is 5.26 Å². The first-order valence-electron chi connectivity index (χ1n) is 4.90. The van der Waals surface area contributed by atoms with Crippen molar-refractivity contribution in [2.45, 2.75) is 12.3 Å². The molecule has 84 valence electrons. The lowest BCUT2D eigenvalue weighted by Crippen LogP contribution is -2.23. The molecule has 1 aromatic rings. The molecule has 16 heavy (non-hydrogen) atoms. The van der Waals surface area contributed by atoms with E-state index < -0.39 is 5.92 Å². The molecule has 0 N–H and O–H groups in total. The van der Waals surface area contributed by atoms with E-state index in [4.69, 9.17) is 16.9 Å². The van der Waals surface area contributed by atoms with Crippen molar-refractivity contribution in [2.24, 2.45) is 0 Å². The van der Waals surface area contributed by atoms with Crippen molar-refractivity contribution in [2.75, 3.05) is 14.1 Å². The van der Waals surface area contributed by atoms with Crippen molar-refractivity contribution in [1.82, 2.24) is 4.90 Å². The van der Waals surface area contributed by atoms with E-state index in [2.05, 4.69) is 6.07 Å². The van der Waals surface area contributed by atoms with Gasteiger partial charge in [-0.15, -0.1) is 0 Å². The lowest BCUT2D eigenvalue weighted by atomic mass is 9.96. The molecule has 0 aromatic heterocycles. The summed E-state index contributed by atoms with van der Waals surface area (Å²) in [4.78, 5) is 13.0. The Bertz CT molecular complexity index is 423. The highest BCUT2D eigenvalue weighted by Crippen LogP contribution is 2.26. The smallest absolute Gasteiger partial charge is 0.223 e. The molecule has 1 unspecified atom stereocenters. The highest BCUT2D eigenvalue weighted by molar-refractivity contribution is 6.31. The molecule has 0 fully saturated rings. The van der Waals surface area contributed by atoms with Gasteiger partial charge in [0.25, 0.3) is 0 Å². The summed E-state index contributed by atoms with van der Waals surface area (Å²) in [5, 5.41) is 9.58. The molecule has 1 atom stereocenters. The van der Waals surface area contributed by atoms with Gasteiger partial charge < -0.3 is 4.90 Å². The molecule has 0 heterocycles. The molecular formula is C12H13ClN2O. The zero-order valence-corrected chi connectivity index (χ0v) is 10.0. The monoisotopic (exact) mass is 236 g/mol. The van der Waals surface area contributed by atoms with E-state index in [-0.39, 0.29) is 12.3 Å². The fourth-order valence-corrected chi connectivity index (χ4v) is 1.61. The third-order valence-electron chi connectivity index (χ3n) is 2.31. The molecule has 4 heteroatoms. The fraction of sp³-hybridized carbons (Fsp3) is 0.333. The summed E-state index contributed by atoms with van der Waals surface area (Å²) < 4.78 is 0. The second-order valence-corrected chi connectivity index (χ2v) is 4.10. The molecule has 0 bridgehead atoms. The lowest BCUT2D eigenvalue weighted by Gasteiger charge is -2.14. The SMILES string of the molecule is CN(C)C(=O)CC(C#N)c1ccccc1Cl. The van der Waals surface area contributed by atoms with Gasteiger partial charge in [0.05, 0.1) is 12.0 Å². The summed E-state index contributed by atoms with van der Waals surface area (Å²) in [5.41, 5.74) is 0.710. The van der Waals surface area contributed by atoms with Crippen LogP contribution in [0.1, 0.15) is 17.9 Å². The largest absolute Gasteiger partial charge is 0.349 e. The van der Waals surface area contributed by atoms with Crippen molar-refractivity contribution < 1.29 is 4.79 Å². The highest BCUT2D eigenvalue weighted by atomic mass is 35.5. The summed E-state index contributed by atoms with van der Waals surface area (Å²) in [6, 6.07) is 9.22. The second-order valence-electron chi connectivity index (χ2n) is 3.70. The number of rotatable bonds is 3. The summed E-state index contributed by atoms with van der Waals surface area (Å²) in [7, 11) is 3.34. The van der Waals surface area contributed by atoms with E-state index in [0.717, 1.165) is 0 Å². The van der Waals surface area contributed by atoms with Gasteiger partial charge in [-0.25, -0.2) is 0 Å². The molecule has 0 saturated carbocycles. The average Bonchev–Trinajstić information content (AvgIpc) is 2.26. The van der Waals surface area contributed by atoms with Gasteiger partial charge in [0.2, 0.25) is 5.91 Å². The normalized spacial score (nSPS) is 11.6. The summed E-state index contributed by atoms with van der Waals surface area (Å²) in [6.45, 7) is 0. The number of carbonyl (C=O) groups excluding carboxylic acids is 1. The van der Waals surface area contributed by atoms with Crippen molar-refractivity contribution in [3.63, 3.8) is 0 Å². The maximum absolute atomic E-state index is 11.5. The Kier molecular flexibility index (Phi) is 4.33. The Morgan fingerprint density at radius 2 is 2.12 bits per heavy atom. The standard InChI is InChI=1S/C12H13ClN2O/c1-15(2)12(16)7-9(8-14)10-5-3-4-6-11(10)13/h3-6,9H,7H2,1-2H3. The zero-order chi connectivity index (χ0) is 12.1. The predicted molar refractivity (Wildman–Crippen MR) is 63.1 cm³/mol. The van der Waals surface area contributed by atoms with E-state index in [9.17, 15) is 4.79 Å². The van der Waals surface area contributed by atoms with E-state index in [1.807, 2.05) is 6.07 Å². The number of carbonyl (C=O) groups is 1. The maximum Gasteiger partial charge on any atom is 0.223 e. The Balaban J connectivity index is 2.89. The number of hydrogen-bond donors (Lipinski definition) is 0. The second kappa shape index (κ2) is 5.53. The Labute approximate surface area is 100 Å². The van der Waals surface area contributed by atoms with Crippen LogP contribution in [0.5, 0.6) is 0 Å². The first-order valence-corrected chi connectivity index (χ1v) is 5.28. The van der Waals surface area contributed by atoms with Crippen molar-refractivity contribution in [1.29, 1.82) is 5.26 Å². The molecule has 0 aliphatic rings. The first-order chi connectivity index (χ1) is 7.56. The van der Waals surface area contributed by atoms with Gasteiger partial charge >= 0.3 is 0 Å². The van der Waals surface area contributed by atoms with Gasteiger partial charge in [-0.1, -0.05) is 29.8 Å². The van der Waals surface area contributed by atoms with Crippen LogP contribution in [0.3, 0.4) is 0 Å². The molecule has 0 spiro atoms. The van der Waals surface area contributed by atoms with Gasteiger partial charge in [-0.3, -0.25) is 4.79 Å². The van der Waals surface area contributed by atoms with E-state index >= 15 is 0 Å². The number of nitrogens with zero attached hydrogens (tertiary/aromatic N) is 2. The molecule has 0 saturated heterocycles. The van der Waals surface area contributed by atoms with Crippen LogP contribution >= 0.6 is 11.6 Å². The minimum Gasteiger partial charge on any atom is -0.349 e. The van der Waals surface area contributed by atoms with Crippen molar-refractivity contribution in [3.8, 4) is 6.07 Å². The minimum absolute atomic E-state index is 0.0773. The number of nitriles is 1. The summed E-state index contributed by atoms with van der Waals surface area (Å²) in [5.74, 6) is -0.560. The first kappa shape index (κ1) is 12.5. The number of halogens is 1. The highest BCUT2D eigenvalue weighted by Gasteiger charge is 2.18. The van der Waals surface area contributed by atoms with Gasteiger partial charge in [0.15, 0.2) is 0 Å². The summed E-state index contributed by atoms with van der Waals surface area (Å²) >= 11 is 5.98. The molecule has 3 nitrogen and oxygen atoms in total. The third-order valence-corrected chi connectivity index (χ3v) is 2.66. The maximum atomic E-state index is 11.5. The van der Waals surface area contributed by atoms with E-state index in [1.54, 1.807) is 32.3 Å². The molecule has 1 amide bonds. The van der Waals surface area contributed by atoms with Crippen molar-refractivity contribution >= 4 is 17.5 Å². The summed E-state index contributed by atoms with van der Waals surface area (Å²) in [6.07, 6.45) is 0.160. The molecule has 0 aliphatic carbocycles. The van der Waals surface area contributed by atoms with Gasteiger partial charge in [0, 0.05) is 25.5 Å². The third kappa shape index (κ3) is 2.98. The number of amides is 1. The Hall–Kier alpha value is -1.53. The van der Waals surface area contributed by atoms with Crippen LogP contribution < -0.4 is 0 Å². The minimum atomic E-state index is -0.483. The molecule has 0 radical (unpaired) electrons. The molecule has 1 aromatic carbocycles. The molecular weight excluding hydrogens is 224 g/mol. The lowest BCUT2D eigenvalue weighted by molar-refractivity contribution is -0.128. The van der Waals surface area contributed by atoms with Crippen LogP contribution in [-0.4, -0.2) is 24.9 Å². The number of benzene rings is 1. The van der Waals surface area contributed by atoms with Crippen molar-refractivity contribution in [3.05, 3.63) is 34.9 Å². The topological polar surface area (TPSA) is 44.1 Å². The van der Waals surface area contributed by atoms with Crippen LogP contribution in [0.15, 0.2) is 24.3 Å². The van der Waals surface area contributed by atoms with Crippen LogP contribution in [-0.2, 0) is 4.79 Å². The fourth-order valence-electron chi connectivity index (χ4n) is 1.34. The Morgan fingerprint density at radius 1 is 1.50 bits per heavy atom. The van der Waals surface area contributed by atoms with Gasteiger partial charge in [-0.05, 0) is 11.6 Å². The molecule has 1 rings (SSSR count). The van der Waals surface area contributed by atoms with Crippen LogP contribution in [0, 0.1) is 11.3 Å². The van der Waals surface area contributed by atoms with Gasteiger partial charge in [0.1, 0.15) is 0 Å². The predicted octanol–water partition coefficient (Wildman–Crippen LogP) is 2.43. The average molecular weight is 237 g/mol. The van der Waals surface area contributed by atoms with E-state index in [1.165, 1.54) is 4.90 Å². The Morgan fingerprint density at radius 3 is 2.62 bits per heavy atom. The molecule has 0 aliphatic heterocycles. The van der Waals surface area contributed by atoms with Crippen LogP contribution in [0.25, 0.3) is 0 Å². The van der Waals surface area contributed by atoms with Crippen LogP contribution in [0.2, 0.25) is 5.02 Å².